The van der Waals surface area contributed by atoms with Crippen LogP contribution in [0.15, 0.2) is 4.99 Å². The fourth-order valence-corrected chi connectivity index (χ4v) is 3.26. The summed E-state index contributed by atoms with van der Waals surface area (Å²) in [5.74, 6) is -0.272. The maximum Gasteiger partial charge on any atom is 0.302 e. The van der Waals surface area contributed by atoms with Crippen LogP contribution in [0.25, 0.3) is 0 Å². The van der Waals surface area contributed by atoms with Gasteiger partial charge < -0.3 is 14.4 Å². The van der Waals surface area contributed by atoms with Gasteiger partial charge in [-0.15, -0.1) is 0 Å². The average molecular weight is 268 g/mol. The second kappa shape index (κ2) is 5.09. The Labute approximate surface area is 111 Å². The molecule has 2 radical (unpaired) electrons. The van der Waals surface area contributed by atoms with E-state index in [1.54, 1.807) is 11.8 Å². The number of ether oxygens (including phenoxy) is 2. The molecule has 0 aromatic carbocycles. The van der Waals surface area contributed by atoms with Crippen LogP contribution in [0.4, 0.5) is 0 Å². The lowest BCUT2D eigenvalue weighted by atomic mass is 10.1. The van der Waals surface area contributed by atoms with Crippen molar-refractivity contribution in [3.8, 4) is 0 Å². The van der Waals surface area contributed by atoms with Crippen LogP contribution >= 0.6 is 11.8 Å². The van der Waals surface area contributed by atoms with Gasteiger partial charge in [0.05, 0.1) is 12.1 Å². The maximum absolute atomic E-state index is 10.8. The summed E-state index contributed by atoms with van der Waals surface area (Å²) in [5.41, 5.74) is 0.0335. The lowest BCUT2D eigenvalue weighted by Crippen LogP contribution is -2.40. The van der Waals surface area contributed by atoms with E-state index < -0.39 is 0 Å². The standard InChI is InChI=1S/C12H16N2O3S/c1-8(15)16-7-9-3-4-10-11(17-9)18-12(13-10)14-5-2-6-14/h3-4,9-11H,2,5-7H2,1H3. The molecule has 3 unspecified atom stereocenters. The highest BCUT2D eigenvalue weighted by Gasteiger charge is 2.40. The summed E-state index contributed by atoms with van der Waals surface area (Å²) >= 11 is 1.68. The first kappa shape index (κ1) is 12.3. The van der Waals surface area contributed by atoms with Gasteiger partial charge in [0.2, 0.25) is 0 Å². The molecule has 0 aliphatic carbocycles. The predicted molar refractivity (Wildman–Crippen MR) is 68.9 cm³/mol. The van der Waals surface area contributed by atoms with Crippen molar-refractivity contribution in [1.29, 1.82) is 0 Å². The predicted octanol–water partition coefficient (Wildman–Crippen LogP) is 0.860. The maximum atomic E-state index is 10.8. The third-order valence-electron chi connectivity index (χ3n) is 3.17. The quantitative estimate of drug-likeness (QED) is 0.695. The van der Waals surface area contributed by atoms with Gasteiger partial charge in [-0.3, -0.25) is 9.79 Å². The van der Waals surface area contributed by atoms with E-state index in [1.165, 1.54) is 13.3 Å². The van der Waals surface area contributed by atoms with E-state index in [0.717, 1.165) is 18.3 Å². The summed E-state index contributed by atoms with van der Waals surface area (Å²) in [6, 6.07) is 0.110. The topological polar surface area (TPSA) is 51.1 Å². The highest BCUT2D eigenvalue weighted by molar-refractivity contribution is 8.14. The highest BCUT2D eigenvalue weighted by atomic mass is 32.2. The second-order valence-corrected chi connectivity index (χ2v) is 5.66. The van der Waals surface area contributed by atoms with Gasteiger partial charge >= 0.3 is 5.97 Å². The van der Waals surface area contributed by atoms with Crippen molar-refractivity contribution in [2.45, 2.75) is 30.9 Å². The lowest BCUT2D eigenvalue weighted by molar-refractivity contribution is -0.145. The van der Waals surface area contributed by atoms with Crippen LogP contribution in [0.2, 0.25) is 0 Å². The summed E-state index contributed by atoms with van der Waals surface area (Å²) in [6.45, 7) is 3.90. The van der Waals surface area contributed by atoms with Crippen LogP contribution in [0, 0.1) is 12.8 Å². The molecule has 3 atom stereocenters. The molecule has 3 aliphatic heterocycles. The van der Waals surface area contributed by atoms with Gasteiger partial charge in [0.25, 0.3) is 0 Å². The molecule has 0 spiro atoms. The fourth-order valence-electron chi connectivity index (χ4n) is 2.05. The van der Waals surface area contributed by atoms with Crippen LogP contribution in [-0.4, -0.2) is 53.3 Å². The molecule has 3 heterocycles. The number of thioether (sulfide) groups is 1. The molecule has 0 N–H and O–H groups in total. The average Bonchev–Trinajstić information content (AvgIpc) is 2.65. The first-order chi connectivity index (χ1) is 8.72. The first-order valence-corrected chi connectivity index (χ1v) is 7.07. The molecule has 0 aromatic rings. The number of rotatable bonds is 2. The van der Waals surface area contributed by atoms with Crippen molar-refractivity contribution in [2.75, 3.05) is 19.7 Å². The summed E-state index contributed by atoms with van der Waals surface area (Å²) in [6.07, 6.45) is 5.10. The summed E-state index contributed by atoms with van der Waals surface area (Å²) in [7, 11) is 0. The Bertz CT molecular complexity index is 370. The SMILES string of the molecule is CC(=O)OCC1[CH][CH]C2N=C(N3CCC3)SC2O1. The Kier molecular flexibility index (Phi) is 3.48. The van der Waals surface area contributed by atoms with Crippen molar-refractivity contribution >= 4 is 22.9 Å². The zero-order chi connectivity index (χ0) is 12.5. The molecule has 3 rings (SSSR count). The van der Waals surface area contributed by atoms with E-state index in [4.69, 9.17) is 9.47 Å². The number of carbonyl (C=O) groups excluding carboxylic acids is 1. The van der Waals surface area contributed by atoms with E-state index in [1.807, 2.05) is 6.42 Å². The van der Waals surface area contributed by atoms with Gasteiger partial charge in [-0.25, -0.2) is 0 Å². The third-order valence-corrected chi connectivity index (χ3v) is 4.37. The molecule has 2 fully saturated rings. The van der Waals surface area contributed by atoms with E-state index in [-0.39, 0.29) is 30.2 Å². The van der Waals surface area contributed by atoms with Gasteiger partial charge in [-0.1, -0.05) is 11.8 Å². The normalized spacial score (nSPS) is 34.6. The molecule has 0 aromatic heterocycles. The zero-order valence-corrected chi connectivity index (χ0v) is 11.1. The van der Waals surface area contributed by atoms with Crippen molar-refractivity contribution in [3.05, 3.63) is 12.8 Å². The van der Waals surface area contributed by atoms with Crippen LogP contribution in [0.1, 0.15) is 13.3 Å². The van der Waals surface area contributed by atoms with Crippen molar-refractivity contribution in [3.63, 3.8) is 0 Å². The first-order valence-electron chi connectivity index (χ1n) is 6.19. The van der Waals surface area contributed by atoms with Crippen LogP contribution < -0.4 is 0 Å². The molecule has 5 nitrogen and oxygen atoms in total. The highest BCUT2D eigenvalue weighted by Crippen LogP contribution is 2.37. The summed E-state index contributed by atoms with van der Waals surface area (Å²) in [5, 5.41) is 1.09. The Hall–Kier alpha value is -0.750. The minimum absolute atomic E-state index is 0.0335. The fraction of sp³-hybridized carbons (Fsp3) is 0.667. The van der Waals surface area contributed by atoms with Gasteiger partial charge in [-0.05, 0) is 19.3 Å². The third kappa shape index (κ3) is 2.49. The molecular formula is C12H16N2O3S. The molecule has 6 heteroatoms. The lowest BCUT2D eigenvalue weighted by Gasteiger charge is -2.32. The second-order valence-electron chi connectivity index (χ2n) is 4.59. The molecule has 0 amide bonds. The molecule has 3 aliphatic rings. The molecular weight excluding hydrogens is 252 g/mol. The Morgan fingerprint density at radius 3 is 3.11 bits per heavy atom. The number of nitrogens with zero attached hydrogens (tertiary/aromatic N) is 2. The minimum atomic E-state index is -0.272. The van der Waals surface area contributed by atoms with Crippen LogP contribution in [0.3, 0.4) is 0 Å². The summed E-state index contributed by atoms with van der Waals surface area (Å²) in [4.78, 5) is 17.7. The van der Waals surface area contributed by atoms with Crippen LogP contribution in [0.5, 0.6) is 0 Å². The Morgan fingerprint density at radius 1 is 1.61 bits per heavy atom. The number of fused-ring (bicyclic) bond motifs is 1. The number of hydrogen-bond acceptors (Lipinski definition) is 6. The van der Waals surface area contributed by atoms with Gasteiger partial charge in [-0.2, -0.15) is 0 Å². The zero-order valence-electron chi connectivity index (χ0n) is 10.2. The summed E-state index contributed by atoms with van der Waals surface area (Å²) < 4.78 is 10.8. The number of amidine groups is 1. The smallest absolute Gasteiger partial charge is 0.302 e. The Morgan fingerprint density at radius 2 is 2.44 bits per heavy atom. The van der Waals surface area contributed by atoms with E-state index in [9.17, 15) is 4.79 Å². The largest absolute Gasteiger partial charge is 0.463 e. The molecule has 2 saturated heterocycles. The van der Waals surface area contributed by atoms with Gasteiger partial charge in [0.15, 0.2) is 5.17 Å². The Balaban J connectivity index is 1.51. The molecule has 98 valence electrons. The van der Waals surface area contributed by atoms with E-state index >= 15 is 0 Å². The molecule has 18 heavy (non-hydrogen) atoms. The number of hydrogen-bond donors (Lipinski definition) is 0. The number of carbonyl (C=O) groups is 1. The van der Waals surface area contributed by atoms with Crippen molar-refractivity contribution < 1.29 is 14.3 Å². The van der Waals surface area contributed by atoms with E-state index in [2.05, 4.69) is 16.3 Å². The van der Waals surface area contributed by atoms with Crippen LogP contribution in [-0.2, 0) is 14.3 Å². The number of esters is 1. The molecule has 0 saturated carbocycles. The number of aliphatic imine (C=N–C) groups is 1. The monoisotopic (exact) mass is 268 g/mol. The van der Waals surface area contributed by atoms with Gasteiger partial charge in [0, 0.05) is 20.0 Å². The van der Waals surface area contributed by atoms with Gasteiger partial charge in [0.1, 0.15) is 12.0 Å². The number of likely N-dealkylation sites (tertiary alicyclic amines) is 1. The minimum Gasteiger partial charge on any atom is -0.463 e. The van der Waals surface area contributed by atoms with Crippen molar-refractivity contribution in [1.82, 2.24) is 4.90 Å². The van der Waals surface area contributed by atoms with E-state index in [0.29, 0.717) is 0 Å². The molecule has 0 bridgehead atoms. The van der Waals surface area contributed by atoms with Crippen molar-refractivity contribution in [2.24, 2.45) is 4.99 Å².